The molecule has 0 saturated heterocycles. The first-order valence-electron chi connectivity index (χ1n) is 4.78. The molecular weight excluding hydrogens is 243 g/mol. The van der Waals surface area contributed by atoms with Crippen molar-refractivity contribution in [3.05, 3.63) is 69.7 Å². The van der Waals surface area contributed by atoms with Crippen LogP contribution in [0.1, 0.15) is 17.2 Å². The second kappa shape index (κ2) is 4.88. The quantitative estimate of drug-likeness (QED) is 0.859. The van der Waals surface area contributed by atoms with Crippen molar-refractivity contribution in [2.45, 2.75) is 6.10 Å². The minimum atomic E-state index is -0.799. The van der Waals surface area contributed by atoms with E-state index >= 15 is 0 Å². The summed E-state index contributed by atoms with van der Waals surface area (Å²) in [5.74, 6) is 0. The molecule has 3 heteroatoms. The van der Waals surface area contributed by atoms with Gasteiger partial charge in [0.15, 0.2) is 0 Å². The molecule has 1 atom stereocenters. The Bertz CT molecular complexity index is 497. The average Bonchev–Trinajstić information content (AvgIpc) is 2.29. The Morgan fingerprint density at radius 2 is 1.88 bits per heavy atom. The van der Waals surface area contributed by atoms with E-state index in [0.29, 0.717) is 21.2 Å². The molecule has 1 unspecified atom stereocenters. The van der Waals surface area contributed by atoms with Gasteiger partial charge in [-0.25, -0.2) is 0 Å². The van der Waals surface area contributed by atoms with Gasteiger partial charge in [-0.05, 0) is 29.8 Å². The summed E-state index contributed by atoms with van der Waals surface area (Å²) in [7, 11) is 0. The van der Waals surface area contributed by atoms with Gasteiger partial charge in [0.1, 0.15) is 6.10 Å². The highest BCUT2D eigenvalue weighted by Crippen LogP contribution is 2.28. The lowest BCUT2D eigenvalue weighted by atomic mass is 10.0. The van der Waals surface area contributed by atoms with Gasteiger partial charge in [-0.3, -0.25) is 0 Å². The highest BCUT2D eigenvalue weighted by molar-refractivity contribution is 6.31. The largest absolute Gasteiger partial charge is 0.384 e. The van der Waals surface area contributed by atoms with Gasteiger partial charge in [0, 0.05) is 15.6 Å². The molecule has 0 spiro atoms. The third-order valence-electron chi connectivity index (χ3n) is 2.28. The van der Waals surface area contributed by atoms with Gasteiger partial charge >= 0.3 is 0 Å². The van der Waals surface area contributed by atoms with Crippen LogP contribution in [0, 0.1) is 6.07 Å². The number of rotatable bonds is 2. The Balaban J connectivity index is 2.39. The van der Waals surface area contributed by atoms with Crippen LogP contribution in [-0.4, -0.2) is 5.11 Å². The van der Waals surface area contributed by atoms with Crippen LogP contribution in [0.2, 0.25) is 10.0 Å². The molecule has 0 amide bonds. The molecule has 0 saturated carbocycles. The van der Waals surface area contributed by atoms with Crippen molar-refractivity contribution in [2.24, 2.45) is 0 Å². The first kappa shape index (κ1) is 11.5. The van der Waals surface area contributed by atoms with Gasteiger partial charge in [-0.15, -0.1) is 0 Å². The zero-order chi connectivity index (χ0) is 11.5. The van der Waals surface area contributed by atoms with Crippen molar-refractivity contribution in [2.75, 3.05) is 0 Å². The SMILES string of the molecule is OC(c1[c]ccc(Cl)c1)c1ccccc1Cl. The molecule has 0 heterocycles. The van der Waals surface area contributed by atoms with Crippen LogP contribution >= 0.6 is 23.2 Å². The zero-order valence-corrected chi connectivity index (χ0v) is 9.83. The highest BCUT2D eigenvalue weighted by Gasteiger charge is 2.13. The zero-order valence-electron chi connectivity index (χ0n) is 8.32. The molecular formula is C13H9Cl2O. The summed E-state index contributed by atoms with van der Waals surface area (Å²) < 4.78 is 0. The summed E-state index contributed by atoms with van der Waals surface area (Å²) in [6, 6.07) is 15.2. The van der Waals surface area contributed by atoms with Gasteiger partial charge in [0.05, 0.1) is 0 Å². The standard InChI is InChI=1S/C13H9Cl2O/c14-10-5-3-4-9(8-10)13(16)11-6-1-2-7-12(11)15/h1-3,5-8,13,16H. The fourth-order valence-corrected chi connectivity index (χ4v) is 1.90. The Morgan fingerprint density at radius 3 is 2.56 bits per heavy atom. The summed E-state index contributed by atoms with van der Waals surface area (Å²) >= 11 is 11.9. The minimum Gasteiger partial charge on any atom is -0.384 e. The van der Waals surface area contributed by atoms with E-state index in [1.165, 1.54) is 0 Å². The Hall–Kier alpha value is -1.02. The van der Waals surface area contributed by atoms with Gasteiger partial charge in [0.2, 0.25) is 0 Å². The van der Waals surface area contributed by atoms with Crippen molar-refractivity contribution in [3.8, 4) is 0 Å². The molecule has 0 aromatic heterocycles. The average molecular weight is 252 g/mol. The summed E-state index contributed by atoms with van der Waals surface area (Å²) in [4.78, 5) is 0. The van der Waals surface area contributed by atoms with E-state index in [4.69, 9.17) is 23.2 Å². The highest BCUT2D eigenvalue weighted by atomic mass is 35.5. The smallest absolute Gasteiger partial charge is 0.106 e. The van der Waals surface area contributed by atoms with Gasteiger partial charge in [0.25, 0.3) is 0 Å². The molecule has 2 aromatic carbocycles. The lowest BCUT2D eigenvalue weighted by Crippen LogP contribution is -2.00. The maximum absolute atomic E-state index is 10.1. The predicted octanol–water partition coefficient (Wildman–Crippen LogP) is 3.88. The summed E-state index contributed by atoms with van der Waals surface area (Å²) in [5.41, 5.74) is 1.27. The third-order valence-corrected chi connectivity index (χ3v) is 2.86. The first-order valence-corrected chi connectivity index (χ1v) is 5.53. The molecule has 1 N–H and O–H groups in total. The van der Waals surface area contributed by atoms with Crippen molar-refractivity contribution in [3.63, 3.8) is 0 Å². The van der Waals surface area contributed by atoms with Crippen LogP contribution in [0.15, 0.2) is 42.5 Å². The fourth-order valence-electron chi connectivity index (χ4n) is 1.48. The molecule has 0 aliphatic rings. The number of aliphatic hydroxyl groups is 1. The van der Waals surface area contributed by atoms with Crippen LogP contribution in [0.3, 0.4) is 0 Å². The predicted molar refractivity (Wildman–Crippen MR) is 65.8 cm³/mol. The van der Waals surface area contributed by atoms with E-state index in [1.54, 1.807) is 30.3 Å². The van der Waals surface area contributed by atoms with Crippen molar-refractivity contribution in [1.29, 1.82) is 0 Å². The third kappa shape index (κ3) is 2.38. The van der Waals surface area contributed by atoms with Crippen LogP contribution in [0.5, 0.6) is 0 Å². The molecule has 0 bridgehead atoms. The maximum Gasteiger partial charge on any atom is 0.106 e. The monoisotopic (exact) mass is 251 g/mol. The van der Waals surface area contributed by atoms with Crippen molar-refractivity contribution in [1.82, 2.24) is 0 Å². The first-order chi connectivity index (χ1) is 7.68. The fraction of sp³-hybridized carbons (Fsp3) is 0.0769. The molecule has 0 aliphatic carbocycles. The molecule has 1 radical (unpaired) electrons. The molecule has 0 aliphatic heterocycles. The minimum absolute atomic E-state index is 0.531. The maximum atomic E-state index is 10.1. The van der Waals surface area contributed by atoms with Crippen molar-refractivity contribution >= 4 is 23.2 Å². The molecule has 16 heavy (non-hydrogen) atoms. The Labute approximate surface area is 104 Å². The summed E-state index contributed by atoms with van der Waals surface area (Å²) in [6.45, 7) is 0. The van der Waals surface area contributed by atoms with E-state index in [2.05, 4.69) is 6.07 Å². The Kier molecular flexibility index (Phi) is 3.49. The van der Waals surface area contributed by atoms with Crippen LogP contribution in [0.25, 0.3) is 0 Å². The number of benzene rings is 2. The lowest BCUT2D eigenvalue weighted by Gasteiger charge is -2.12. The molecule has 1 nitrogen and oxygen atoms in total. The van der Waals surface area contributed by atoms with E-state index in [1.807, 2.05) is 12.1 Å². The summed E-state index contributed by atoms with van der Waals surface area (Å²) in [5, 5.41) is 11.2. The Morgan fingerprint density at radius 1 is 1.12 bits per heavy atom. The molecule has 0 fully saturated rings. The van der Waals surface area contributed by atoms with E-state index in [9.17, 15) is 5.11 Å². The van der Waals surface area contributed by atoms with Crippen LogP contribution < -0.4 is 0 Å². The second-order valence-electron chi connectivity index (χ2n) is 3.39. The second-order valence-corrected chi connectivity index (χ2v) is 4.23. The van der Waals surface area contributed by atoms with Gasteiger partial charge in [-0.1, -0.05) is 47.5 Å². The van der Waals surface area contributed by atoms with Crippen LogP contribution in [-0.2, 0) is 0 Å². The van der Waals surface area contributed by atoms with E-state index in [0.717, 1.165) is 0 Å². The van der Waals surface area contributed by atoms with E-state index in [-0.39, 0.29) is 0 Å². The topological polar surface area (TPSA) is 20.2 Å². The molecule has 81 valence electrons. The normalized spacial score (nSPS) is 12.4. The number of halogens is 2. The molecule has 2 rings (SSSR count). The number of hydrogen-bond donors (Lipinski definition) is 1. The number of hydrogen-bond acceptors (Lipinski definition) is 1. The lowest BCUT2D eigenvalue weighted by molar-refractivity contribution is 0.220. The summed E-state index contributed by atoms with van der Waals surface area (Å²) in [6.07, 6.45) is -0.799. The van der Waals surface area contributed by atoms with Gasteiger partial charge in [-0.2, -0.15) is 0 Å². The van der Waals surface area contributed by atoms with Gasteiger partial charge < -0.3 is 5.11 Å². The van der Waals surface area contributed by atoms with E-state index < -0.39 is 6.10 Å². The van der Waals surface area contributed by atoms with Crippen molar-refractivity contribution < 1.29 is 5.11 Å². The molecule has 2 aromatic rings. The number of aliphatic hydroxyl groups excluding tert-OH is 1. The van der Waals surface area contributed by atoms with Crippen LogP contribution in [0.4, 0.5) is 0 Å².